The van der Waals surface area contributed by atoms with Gasteiger partial charge in [-0.1, -0.05) is 34.8 Å². The molecule has 0 bridgehead atoms. The fraction of sp³-hybridized carbons (Fsp3) is 0.385. The van der Waals surface area contributed by atoms with Crippen LogP contribution in [0, 0.1) is 0 Å². The maximum absolute atomic E-state index is 11.6. The van der Waals surface area contributed by atoms with E-state index in [1.807, 2.05) is 0 Å². The molecule has 4 nitrogen and oxygen atoms in total. The van der Waals surface area contributed by atoms with Crippen LogP contribution in [0.15, 0.2) is 12.1 Å². The first-order chi connectivity index (χ1) is 9.43. The first-order valence-electron chi connectivity index (χ1n) is 5.95. The molecule has 0 saturated heterocycles. The number of ether oxygens (including phenoxy) is 2. The molecule has 0 spiro atoms. The zero-order valence-corrected chi connectivity index (χ0v) is 13.0. The highest BCUT2D eigenvalue weighted by atomic mass is 35.5. The van der Waals surface area contributed by atoms with Crippen LogP contribution in [0.1, 0.15) is 26.2 Å². The Hall–Kier alpha value is -0.970. The van der Waals surface area contributed by atoms with Crippen molar-refractivity contribution in [1.29, 1.82) is 0 Å². The van der Waals surface area contributed by atoms with Gasteiger partial charge in [0.2, 0.25) is 0 Å². The van der Waals surface area contributed by atoms with Crippen LogP contribution < -0.4 is 4.74 Å². The molecule has 0 aromatic heterocycles. The first-order valence-corrected chi connectivity index (χ1v) is 7.08. The molecule has 1 aromatic rings. The van der Waals surface area contributed by atoms with Gasteiger partial charge in [-0.05, 0) is 13.3 Å². The Balaban J connectivity index is 2.45. The summed E-state index contributed by atoms with van der Waals surface area (Å²) in [4.78, 5) is 22.7. The Morgan fingerprint density at radius 3 is 2.15 bits per heavy atom. The number of hydrogen-bond donors (Lipinski definition) is 0. The predicted octanol–water partition coefficient (Wildman–Crippen LogP) is 4.29. The summed E-state index contributed by atoms with van der Waals surface area (Å²) in [6.07, 6.45) is 0.620. The van der Waals surface area contributed by atoms with Gasteiger partial charge in [-0.2, -0.15) is 0 Å². The number of carbonyl (C=O) groups excluding carboxylic acids is 2. The van der Waals surface area contributed by atoms with Gasteiger partial charge >= 0.3 is 11.9 Å². The zero-order chi connectivity index (χ0) is 15.1. The summed E-state index contributed by atoms with van der Waals surface area (Å²) in [5, 5.41) is 0.609. The number of benzene rings is 1. The molecule has 0 amide bonds. The maximum Gasteiger partial charge on any atom is 0.311 e. The van der Waals surface area contributed by atoms with Gasteiger partial charge in [0.25, 0.3) is 0 Å². The van der Waals surface area contributed by atoms with Crippen LogP contribution >= 0.6 is 34.8 Å². The lowest BCUT2D eigenvalue weighted by Gasteiger charge is -2.07. The molecule has 7 heteroatoms. The molecule has 1 rings (SSSR count). The lowest BCUT2D eigenvalue weighted by molar-refractivity contribution is -0.143. The van der Waals surface area contributed by atoms with Crippen molar-refractivity contribution in [3.63, 3.8) is 0 Å². The molecule has 0 heterocycles. The van der Waals surface area contributed by atoms with Crippen LogP contribution in [-0.4, -0.2) is 18.5 Å². The molecule has 0 saturated carbocycles. The maximum atomic E-state index is 11.6. The Labute approximate surface area is 131 Å². The van der Waals surface area contributed by atoms with Gasteiger partial charge in [-0.3, -0.25) is 9.59 Å². The molecule has 0 aliphatic heterocycles. The third-order valence-electron chi connectivity index (χ3n) is 2.26. The van der Waals surface area contributed by atoms with E-state index in [0.29, 0.717) is 13.0 Å². The summed E-state index contributed by atoms with van der Waals surface area (Å²) >= 11 is 17.4. The standard InChI is InChI=1S/C13H13Cl3O4/c1-2-19-11(17)4-3-5-12(18)20-8-6-9(14)13(16)10(15)7-8/h6-7H,2-5H2,1H3. The monoisotopic (exact) mass is 338 g/mol. The van der Waals surface area contributed by atoms with E-state index in [-0.39, 0.29) is 39.6 Å². The van der Waals surface area contributed by atoms with Crippen LogP contribution in [0.4, 0.5) is 0 Å². The van der Waals surface area contributed by atoms with Crippen molar-refractivity contribution >= 4 is 46.7 Å². The lowest BCUT2D eigenvalue weighted by Crippen LogP contribution is -2.10. The van der Waals surface area contributed by atoms with Crippen molar-refractivity contribution in [3.05, 3.63) is 27.2 Å². The average molecular weight is 340 g/mol. The van der Waals surface area contributed by atoms with E-state index < -0.39 is 5.97 Å². The highest BCUT2D eigenvalue weighted by molar-refractivity contribution is 6.48. The minimum absolute atomic E-state index is 0.0939. The van der Waals surface area contributed by atoms with Crippen molar-refractivity contribution in [2.45, 2.75) is 26.2 Å². The molecular weight excluding hydrogens is 326 g/mol. The second-order valence-electron chi connectivity index (χ2n) is 3.83. The molecule has 0 N–H and O–H groups in total. The molecule has 0 radical (unpaired) electrons. The smallest absolute Gasteiger partial charge is 0.311 e. The van der Waals surface area contributed by atoms with Gasteiger partial charge in [0.1, 0.15) is 5.75 Å². The van der Waals surface area contributed by atoms with Crippen LogP contribution in [-0.2, 0) is 14.3 Å². The van der Waals surface area contributed by atoms with E-state index in [2.05, 4.69) is 0 Å². The van der Waals surface area contributed by atoms with Gasteiger partial charge in [0.15, 0.2) is 0 Å². The van der Waals surface area contributed by atoms with Crippen molar-refractivity contribution in [1.82, 2.24) is 0 Å². The Kier molecular flexibility index (Phi) is 7.13. The van der Waals surface area contributed by atoms with E-state index in [4.69, 9.17) is 44.3 Å². The SMILES string of the molecule is CCOC(=O)CCCC(=O)Oc1cc(Cl)c(Cl)c(Cl)c1. The van der Waals surface area contributed by atoms with E-state index in [0.717, 1.165) is 0 Å². The van der Waals surface area contributed by atoms with Gasteiger partial charge < -0.3 is 9.47 Å². The minimum atomic E-state index is -0.483. The quantitative estimate of drug-likeness (QED) is 0.441. The molecule has 0 fully saturated rings. The predicted molar refractivity (Wildman–Crippen MR) is 77.6 cm³/mol. The largest absolute Gasteiger partial charge is 0.466 e. The summed E-state index contributed by atoms with van der Waals surface area (Å²) in [7, 11) is 0. The number of carbonyl (C=O) groups is 2. The van der Waals surface area contributed by atoms with Crippen molar-refractivity contribution in [2.75, 3.05) is 6.61 Å². The molecule has 110 valence electrons. The second-order valence-corrected chi connectivity index (χ2v) is 5.03. The van der Waals surface area contributed by atoms with E-state index in [9.17, 15) is 9.59 Å². The van der Waals surface area contributed by atoms with Gasteiger partial charge in [-0.25, -0.2) is 0 Å². The fourth-order valence-electron chi connectivity index (χ4n) is 1.38. The minimum Gasteiger partial charge on any atom is -0.466 e. The third-order valence-corrected chi connectivity index (χ3v) is 3.45. The highest BCUT2D eigenvalue weighted by Crippen LogP contribution is 2.34. The lowest BCUT2D eigenvalue weighted by atomic mass is 10.2. The van der Waals surface area contributed by atoms with E-state index in [1.54, 1.807) is 6.92 Å². The highest BCUT2D eigenvalue weighted by Gasteiger charge is 2.11. The van der Waals surface area contributed by atoms with Crippen LogP contribution in [0.3, 0.4) is 0 Å². The van der Waals surface area contributed by atoms with Crippen molar-refractivity contribution in [3.8, 4) is 5.75 Å². The fourth-order valence-corrected chi connectivity index (χ4v) is 1.96. The van der Waals surface area contributed by atoms with Crippen molar-refractivity contribution in [2.24, 2.45) is 0 Å². The summed E-state index contributed by atoms with van der Waals surface area (Å²) < 4.78 is 9.80. The Morgan fingerprint density at radius 1 is 1.05 bits per heavy atom. The Morgan fingerprint density at radius 2 is 1.60 bits per heavy atom. The van der Waals surface area contributed by atoms with E-state index in [1.165, 1.54) is 12.1 Å². The van der Waals surface area contributed by atoms with Crippen LogP contribution in [0.25, 0.3) is 0 Å². The van der Waals surface area contributed by atoms with Crippen LogP contribution in [0.2, 0.25) is 15.1 Å². The number of halogens is 3. The normalized spacial score (nSPS) is 10.2. The molecule has 0 aliphatic carbocycles. The molecule has 0 aliphatic rings. The summed E-state index contributed by atoms with van der Waals surface area (Å²) in [6, 6.07) is 2.80. The molecule has 20 heavy (non-hydrogen) atoms. The van der Waals surface area contributed by atoms with Crippen molar-refractivity contribution < 1.29 is 19.1 Å². The van der Waals surface area contributed by atoms with Gasteiger partial charge in [0, 0.05) is 25.0 Å². The van der Waals surface area contributed by atoms with E-state index >= 15 is 0 Å². The molecule has 0 unspecified atom stereocenters. The van der Waals surface area contributed by atoms with Gasteiger partial charge in [0.05, 0.1) is 21.7 Å². The summed E-state index contributed by atoms with van der Waals surface area (Å²) in [5.41, 5.74) is 0. The molecule has 0 atom stereocenters. The first kappa shape index (κ1) is 17.1. The van der Waals surface area contributed by atoms with Gasteiger partial charge in [-0.15, -0.1) is 0 Å². The molecule has 1 aromatic carbocycles. The zero-order valence-electron chi connectivity index (χ0n) is 10.8. The summed E-state index contributed by atoms with van der Waals surface area (Å²) in [6.45, 7) is 2.05. The molecular formula is C13H13Cl3O4. The Bertz CT molecular complexity index is 479. The van der Waals surface area contributed by atoms with Crippen LogP contribution in [0.5, 0.6) is 5.75 Å². The average Bonchev–Trinajstić information content (AvgIpc) is 2.36. The number of rotatable bonds is 6. The number of esters is 2. The second kappa shape index (κ2) is 8.35. The number of hydrogen-bond acceptors (Lipinski definition) is 4. The topological polar surface area (TPSA) is 52.6 Å². The summed E-state index contributed by atoms with van der Waals surface area (Å²) in [5.74, 6) is -0.604. The third kappa shape index (κ3) is 5.57.